The van der Waals surface area contributed by atoms with E-state index in [9.17, 15) is 14.0 Å². The van der Waals surface area contributed by atoms with E-state index in [-0.39, 0.29) is 18.0 Å². The van der Waals surface area contributed by atoms with Gasteiger partial charge in [-0.1, -0.05) is 31.2 Å². The number of benzene rings is 3. The molecule has 0 saturated heterocycles. The lowest BCUT2D eigenvalue weighted by Crippen LogP contribution is -2.38. The Morgan fingerprint density at radius 2 is 1.76 bits per heavy atom. The molecule has 1 atom stereocenters. The average molecular weight is 512 g/mol. The van der Waals surface area contributed by atoms with Crippen LogP contribution in [0.5, 0.6) is 5.75 Å². The first-order chi connectivity index (χ1) is 18.5. The minimum Gasteiger partial charge on any atom is -0.495 e. The number of aromatic nitrogens is 2. The number of hydrogen-bond donors (Lipinski definition) is 0. The van der Waals surface area contributed by atoms with Gasteiger partial charge in [-0.05, 0) is 67.1 Å². The Labute approximate surface area is 218 Å². The van der Waals surface area contributed by atoms with Gasteiger partial charge in [0.1, 0.15) is 23.2 Å². The number of fused-ring (bicyclic) bond motifs is 1. The number of furan rings is 1. The second kappa shape index (κ2) is 10.7. The van der Waals surface area contributed by atoms with E-state index in [0.717, 1.165) is 0 Å². The van der Waals surface area contributed by atoms with Crippen molar-refractivity contribution in [3.63, 3.8) is 0 Å². The third kappa shape index (κ3) is 4.68. The maximum absolute atomic E-state index is 14.0. The molecular formula is C30H26FN3O4. The number of hydrogen-bond acceptors (Lipinski definition) is 5. The first-order valence-electron chi connectivity index (χ1n) is 12.3. The summed E-state index contributed by atoms with van der Waals surface area (Å²) in [5.41, 5.74) is 1.06. The number of carbonyl (C=O) groups excluding carboxylic acids is 1. The Hall–Kier alpha value is -4.72. The third-order valence-corrected chi connectivity index (χ3v) is 6.45. The van der Waals surface area contributed by atoms with Gasteiger partial charge in [0, 0.05) is 5.56 Å². The quantitative estimate of drug-likeness (QED) is 0.258. The zero-order valence-electron chi connectivity index (χ0n) is 21.0. The SMILES string of the molecule is CCC(c1nc2ccccc2c(=O)n1-c1ccccc1OC)N(Cc1ccco1)C(=O)c1ccc(F)cc1. The second-order valence-corrected chi connectivity index (χ2v) is 8.74. The predicted molar refractivity (Wildman–Crippen MR) is 142 cm³/mol. The molecule has 0 spiro atoms. The van der Waals surface area contributed by atoms with E-state index in [1.807, 2.05) is 25.1 Å². The van der Waals surface area contributed by atoms with Crippen molar-refractivity contribution in [1.29, 1.82) is 0 Å². The fourth-order valence-electron chi connectivity index (χ4n) is 4.62. The Kier molecular flexibility index (Phi) is 7.04. The zero-order chi connectivity index (χ0) is 26.6. The minimum atomic E-state index is -0.639. The van der Waals surface area contributed by atoms with Crippen LogP contribution in [0.4, 0.5) is 4.39 Å². The highest BCUT2D eigenvalue weighted by Crippen LogP contribution is 2.31. The van der Waals surface area contributed by atoms with Crippen LogP contribution in [-0.2, 0) is 6.54 Å². The summed E-state index contributed by atoms with van der Waals surface area (Å²) < 4.78 is 26.3. The summed E-state index contributed by atoms with van der Waals surface area (Å²) in [6.07, 6.45) is 1.98. The Bertz CT molecular complexity index is 1630. The summed E-state index contributed by atoms with van der Waals surface area (Å²) in [6.45, 7) is 2.04. The molecule has 3 aromatic carbocycles. The van der Waals surface area contributed by atoms with Crippen molar-refractivity contribution in [3.8, 4) is 11.4 Å². The van der Waals surface area contributed by atoms with E-state index in [0.29, 0.717) is 45.9 Å². The molecule has 0 aliphatic heterocycles. The molecule has 192 valence electrons. The number of rotatable bonds is 8. The molecule has 7 nitrogen and oxygen atoms in total. The lowest BCUT2D eigenvalue weighted by molar-refractivity contribution is 0.0624. The molecule has 0 N–H and O–H groups in total. The number of para-hydroxylation sites is 3. The van der Waals surface area contributed by atoms with Crippen LogP contribution in [0.2, 0.25) is 0 Å². The van der Waals surface area contributed by atoms with E-state index in [1.54, 1.807) is 47.4 Å². The number of nitrogens with zero attached hydrogens (tertiary/aromatic N) is 3. The molecule has 1 unspecified atom stereocenters. The fourth-order valence-corrected chi connectivity index (χ4v) is 4.62. The van der Waals surface area contributed by atoms with Crippen molar-refractivity contribution in [2.75, 3.05) is 7.11 Å². The lowest BCUT2D eigenvalue weighted by atomic mass is 10.1. The van der Waals surface area contributed by atoms with Gasteiger partial charge in [-0.25, -0.2) is 9.37 Å². The number of ether oxygens (including phenoxy) is 1. The monoisotopic (exact) mass is 511 g/mol. The molecular weight excluding hydrogens is 485 g/mol. The number of halogens is 1. The summed E-state index contributed by atoms with van der Waals surface area (Å²) in [5.74, 6) is 0.647. The van der Waals surface area contributed by atoms with Crippen molar-refractivity contribution in [2.45, 2.75) is 25.9 Å². The van der Waals surface area contributed by atoms with Crippen LogP contribution in [0.1, 0.15) is 41.3 Å². The summed E-state index contributed by atoms with van der Waals surface area (Å²) in [4.78, 5) is 34.4. The van der Waals surface area contributed by atoms with Gasteiger partial charge in [0.15, 0.2) is 0 Å². The Morgan fingerprint density at radius 3 is 2.47 bits per heavy atom. The molecule has 5 aromatic rings. The molecule has 1 amide bonds. The van der Waals surface area contributed by atoms with Gasteiger partial charge in [-0.15, -0.1) is 0 Å². The van der Waals surface area contributed by atoms with Crippen molar-refractivity contribution in [1.82, 2.24) is 14.5 Å². The van der Waals surface area contributed by atoms with E-state index in [1.165, 1.54) is 42.2 Å². The molecule has 0 radical (unpaired) electrons. The highest BCUT2D eigenvalue weighted by Gasteiger charge is 2.31. The van der Waals surface area contributed by atoms with Gasteiger partial charge < -0.3 is 14.1 Å². The molecule has 2 aromatic heterocycles. The van der Waals surface area contributed by atoms with E-state index >= 15 is 0 Å². The molecule has 2 heterocycles. The predicted octanol–water partition coefficient (Wildman–Crippen LogP) is 5.92. The van der Waals surface area contributed by atoms with Gasteiger partial charge in [-0.2, -0.15) is 0 Å². The van der Waals surface area contributed by atoms with Crippen LogP contribution in [-0.4, -0.2) is 27.5 Å². The molecule has 0 fully saturated rings. The van der Waals surface area contributed by atoms with Crippen molar-refractivity contribution in [3.05, 3.63) is 125 Å². The number of methoxy groups -OCH3 is 1. The summed E-state index contributed by atoms with van der Waals surface area (Å²) >= 11 is 0. The third-order valence-electron chi connectivity index (χ3n) is 6.45. The molecule has 0 aliphatic rings. The van der Waals surface area contributed by atoms with Crippen molar-refractivity contribution < 1.29 is 18.3 Å². The van der Waals surface area contributed by atoms with Crippen LogP contribution >= 0.6 is 0 Å². The van der Waals surface area contributed by atoms with Crippen LogP contribution in [0.15, 0.2) is 100 Å². The van der Waals surface area contributed by atoms with Crippen LogP contribution < -0.4 is 10.3 Å². The standard InChI is InChI=1S/C30H26FN3O4/c1-3-25(33(19-22-9-8-18-38-22)29(35)20-14-16-21(31)17-15-20)28-32-24-11-5-4-10-23(24)30(36)34(28)26-12-6-7-13-27(26)37-2/h4-18,25H,3,19H2,1-2H3. The van der Waals surface area contributed by atoms with Gasteiger partial charge in [0.25, 0.3) is 11.5 Å². The second-order valence-electron chi connectivity index (χ2n) is 8.74. The van der Waals surface area contributed by atoms with Gasteiger partial charge in [0.2, 0.25) is 0 Å². The smallest absolute Gasteiger partial charge is 0.266 e. The zero-order valence-corrected chi connectivity index (χ0v) is 21.0. The van der Waals surface area contributed by atoms with Crippen LogP contribution in [0.3, 0.4) is 0 Å². The molecule has 38 heavy (non-hydrogen) atoms. The first-order valence-corrected chi connectivity index (χ1v) is 12.3. The lowest BCUT2D eigenvalue weighted by Gasteiger charge is -2.32. The Balaban J connectivity index is 1.75. The summed E-state index contributed by atoms with van der Waals surface area (Å²) in [6, 6.07) is 22.6. The topological polar surface area (TPSA) is 77.6 Å². The molecule has 8 heteroatoms. The molecule has 0 saturated carbocycles. The van der Waals surface area contributed by atoms with E-state index in [4.69, 9.17) is 14.1 Å². The molecule has 5 rings (SSSR count). The van der Waals surface area contributed by atoms with E-state index < -0.39 is 11.9 Å². The number of carbonyl (C=O) groups is 1. The maximum atomic E-state index is 14.0. The highest BCUT2D eigenvalue weighted by atomic mass is 19.1. The van der Waals surface area contributed by atoms with Gasteiger partial charge >= 0.3 is 0 Å². The summed E-state index contributed by atoms with van der Waals surface area (Å²) in [7, 11) is 1.54. The highest BCUT2D eigenvalue weighted by molar-refractivity contribution is 5.94. The normalized spacial score (nSPS) is 11.9. The van der Waals surface area contributed by atoms with Crippen molar-refractivity contribution >= 4 is 16.8 Å². The Morgan fingerprint density at radius 1 is 1.03 bits per heavy atom. The largest absolute Gasteiger partial charge is 0.495 e. The maximum Gasteiger partial charge on any atom is 0.266 e. The first kappa shape index (κ1) is 25.0. The minimum absolute atomic E-state index is 0.121. The van der Waals surface area contributed by atoms with Gasteiger partial charge in [-0.3, -0.25) is 14.2 Å². The number of amides is 1. The van der Waals surface area contributed by atoms with E-state index in [2.05, 4.69) is 0 Å². The fraction of sp³-hybridized carbons (Fsp3) is 0.167. The molecule has 0 bridgehead atoms. The van der Waals surface area contributed by atoms with Crippen LogP contribution in [0.25, 0.3) is 16.6 Å². The molecule has 0 aliphatic carbocycles. The van der Waals surface area contributed by atoms with Crippen LogP contribution in [0, 0.1) is 5.82 Å². The summed E-state index contributed by atoms with van der Waals surface area (Å²) in [5, 5.41) is 0.444. The van der Waals surface area contributed by atoms with Crippen molar-refractivity contribution in [2.24, 2.45) is 0 Å². The van der Waals surface area contributed by atoms with Gasteiger partial charge in [0.05, 0.1) is 42.5 Å². The average Bonchev–Trinajstić information content (AvgIpc) is 3.46.